The minimum atomic E-state index is -0.865. The zero-order chi connectivity index (χ0) is 20.8. The third-order valence-corrected chi connectivity index (χ3v) is 5.86. The first-order valence-electron chi connectivity index (χ1n) is 9.80. The van der Waals surface area contributed by atoms with E-state index in [1.165, 1.54) is 0 Å². The summed E-state index contributed by atoms with van der Waals surface area (Å²) in [6, 6.07) is 14.2. The Hall–Kier alpha value is -3.21. The lowest BCUT2D eigenvalue weighted by molar-refractivity contribution is -0.00766. The fourth-order valence-corrected chi connectivity index (χ4v) is 4.21. The van der Waals surface area contributed by atoms with E-state index in [-0.39, 0.29) is 11.9 Å². The van der Waals surface area contributed by atoms with Gasteiger partial charge in [-0.3, -0.25) is 0 Å². The summed E-state index contributed by atoms with van der Waals surface area (Å²) in [5, 5.41) is 0. The predicted octanol–water partition coefficient (Wildman–Crippen LogP) is 3.65. The average molecular weight is 389 g/mol. The Morgan fingerprint density at radius 3 is 2.24 bits per heavy atom. The van der Waals surface area contributed by atoms with Gasteiger partial charge in [-0.25, -0.2) is 4.79 Å². The lowest BCUT2D eigenvalue weighted by atomic mass is 9.73. The second-order valence-corrected chi connectivity index (χ2v) is 8.10. The van der Waals surface area contributed by atoms with Gasteiger partial charge in [-0.05, 0) is 36.8 Å². The van der Waals surface area contributed by atoms with Gasteiger partial charge in [-0.15, -0.1) is 0 Å². The van der Waals surface area contributed by atoms with Crippen molar-refractivity contribution in [3.8, 4) is 0 Å². The third kappa shape index (κ3) is 3.07. The molecule has 0 amide bonds. The number of carbonyl (C=O) groups excluding carboxylic acids is 1. The van der Waals surface area contributed by atoms with Gasteiger partial charge >= 0.3 is 5.97 Å². The fraction of sp³-hybridized carbons (Fsp3) is 0.292. The van der Waals surface area contributed by atoms with Crippen LogP contribution in [-0.4, -0.2) is 34.2 Å². The maximum atomic E-state index is 13.0. The summed E-state index contributed by atoms with van der Waals surface area (Å²) in [7, 11) is 7.95. The Morgan fingerprint density at radius 2 is 1.66 bits per heavy atom. The van der Waals surface area contributed by atoms with E-state index in [2.05, 4.69) is 35.2 Å². The van der Waals surface area contributed by atoms with Crippen LogP contribution in [0.5, 0.6) is 0 Å². The Balaban J connectivity index is 1.90. The van der Waals surface area contributed by atoms with E-state index in [9.17, 15) is 4.79 Å². The molecular formula is C24H27N3O2. The highest BCUT2D eigenvalue weighted by Crippen LogP contribution is 2.50. The van der Waals surface area contributed by atoms with Crippen LogP contribution in [0, 0.1) is 5.92 Å². The molecule has 4 rings (SSSR count). The topological polar surface area (TPSA) is 58.8 Å². The van der Waals surface area contributed by atoms with Gasteiger partial charge in [0, 0.05) is 62.3 Å². The van der Waals surface area contributed by atoms with Crippen LogP contribution in [0.2, 0.25) is 0 Å². The van der Waals surface area contributed by atoms with Gasteiger partial charge in [0.05, 0.1) is 5.56 Å². The molecule has 2 aromatic rings. The summed E-state index contributed by atoms with van der Waals surface area (Å²) in [5.41, 5.74) is 10.4. The van der Waals surface area contributed by atoms with E-state index in [1.807, 2.05) is 63.4 Å². The zero-order valence-corrected chi connectivity index (χ0v) is 17.3. The number of esters is 1. The first-order valence-corrected chi connectivity index (χ1v) is 9.80. The molecule has 29 heavy (non-hydrogen) atoms. The molecule has 150 valence electrons. The quantitative estimate of drug-likeness (QED) is 0.809. The molecule has 0 saturated heterocycles. The van der Waals surface area contributed by atoms with Gasteiger partial charge in [0.25, 0.3) is 0 Å². The molecule has 0 aromatic heterocycles. The second-order valence-electron chi connectivity index (χ2n) is 8.10. The summed E-state index contributed by atoms with van der Waals surface area (Å²) < 4.78 is 6.22. The lowest BCUT2D eigenvalue weighted by Crippen LogP contribution is -2.36. The molecule has 0 saturated carbocycles. The molecule has 1 aliphatic carbocycles. The number of nitrogens with two attached hydrogens (primary N) is 1. The minimum absolute atomic E-state index is 0.0320. The lowest BCUT2D eigenvalue weighted by Gasteiger charge is -2.37. The molecule has 0 radical (unpaired) electrons. The van der Waals surface area contributed by atoms with Crippen LogP contribution in [0.25, 0.3) is 0 Å². The van der Waals surface area contributed by atoms with Crippen LogP contribution in [0.3, 0.4) is 0 Å². The van der Waals surface area contributed by atoms with Gasteiger partial charge in [0.1, 0.15) is 0 Å². The van der Waals surface area contributed by atoms with Crippen molar-refractivity contribution in [2.24, 2.45) is 11.7 Å². The molecule has 1 heterocycles. The average Bonchev–Trinajstić information content (AvgIpc) is 3.01. The SMILES string of the molecule is CN(C)c1ccc(C2(C3C=CC(N)=CC3)OC(=O)c3cc(N(C)C)ccc32)cc1. The van der Waals surface area contributed by atoms with Gasteiger partial charge in [0.15, 0.2) is 5.60 Å². The largest absolute Gasteiger partial charge is 0.445 e. The number of fused-ring (bicyclic) bond motifs is 1. The Morgan fingerprint density at radius 1 is 1.00 bits per heavy atom. The van der Waals surface area contributed by atoms with E-state index >= 15 is 0 Å². The number of hydrogen-bond donors (Lipinski definition) is 1. The first-order chi connectivity index (χ1) is 13.8. The highest BCUT2D eigenvalue weighted by molar-refractivity contribution is 5.96. The molecule has 0 bridgehead atoms. The molecule has 2 atom stereocenters. The van der Waals surface area contributed by atoms with Crippen molar-refractivity contribution >= 4 is 17.3 Å². The maximum absolute atomic E-state index is 13.0. The molecule has 0 spiro atoms. The van der Waals surface area contributed by atoms with Crippen molar-refractivity contribution in [1.29, 1.82) is 0 Å². The molecule has 5 nitrogen and oxygen atoms in total. The Kier molecular flexibility index (Phi) is 4.61. The summed E-state index contributed by atoms with van der Waals surface area (Å²) >= 11 is 0. The number of allylic oxidation sites excluding steroid dienone is 2. The smallest absolute Gasteiger partial charge is 0.339 e. The van der Waals surface area contributed by atoms with E-state index in [4.69, 9.17) is 10.5 Å². The van der Waals surface area contributed by atoms with Gasteiger partial charge in [0.2, 0.25) is 0 Å². The van der Waals surface area contributed by atoms with E-state index in [1.54, 1.807) is 0 Å². The molecule has 0 fully saturated rings. The fourth-order valence-electron chi connectivity index (χ4n) is 4.21. The molecule has 5 heteroatoms. The van der Waals surface area contributed by atoms with Crippen molar-refractivity contribution < 1.29 is 9.53 Å². The van der Waals surface area contributed by atoms with E-state index in [0.29, 0.717) is 12.0 Å². The zero-order valence-electron chi connectivity index (χ0n) is 17.3. The number of rotatable bonds is 4. The van der Waals surface area contributed by atoms with Crippen LogP contribution >= 0.6 is 0 Å². The number of benzene rings is 2. The number of anilines is 2. The highest BCUT2D eigenvalue weighted by atomic mass is 16.6. The summed E-state index contributed by atoms with van der Waals surface area (Å²) in [6.07, 6.45) is 6.68. The second kappa shape index (κ2) is 6.99. The van der Waals surface area contributed by atoms with Gasteiger partial charge in [-0.1, -0.05) is 30.4 Å². The van der Waals surface area contributed by atoms with E-state index in [0.717, 1.165) is 28.2 Å². The van der Waals surface area contributed by atoms with E-state index < -0.39 is 5.60 Å². The highest BCUT2D eigenvalue weighted by Gasteiger charge is 2.51. The van der Waals surface area contributed by atoms with Crippen molar-refractivity contribution in [3.63, 3.8) is 0 Å². The monoisotopic (exact) mass is 389 g/mol. The molecule has 2 aromatic carbocycles. The van der Waals surface area contributed by atoms with Crippen molar-refractivity contribution in [3.05, 3.63) is 83.1 Å². The third-order valence-electron chi connectivity index (χ3n) is 5.86. The van der Waals surface area contributed by atoms with Crippen molar-refractivity contribution in [2.45, 2.75) is 12.0 Å². The van der Waals surface area contributed by atoms with Crippen LogP contribution in [0.1, 0.15) is 27.9 Å². The normalized spacial score (nSPS) is 22.7. The van der Waals surface area contributed by atoms with Gasteiger partial charge in [-0.2, -0.15) is 0 Å². The maximum Gasteiger partial charge on any atom is 0.339 e. The summed E-state index contributed by atoms with van der Waals surface area (Å²) in [5.74, 6) is -0.313. The molecule has 2 aliphatic rings. The van der Waals surface area contributed by atoms with Gasteiger partial charge < -0.3 is 20.3 Å². The molecular weight excluding hydrogens is 362 g/mol. The van der Waals surface area contributed by atoms with Crippen LogP contribution in [-0.2, 0) is 10.3 Å². The standard InChI is InChI=1S/C24H27N3O2/c1-26(2)19-11-7-17(8-12-19)24(16-5-9-18(25)10-6-16)22-14-13-20(27(3)4)15-21(22)23(28)29-24/h5,7-16H,6,25H2,1-4H3. The molecule has 1 aliphatic heterocycles. The number of nitrogens with zero attached hydrogens (tertiary/aromatic N) is 2. The number of carbonyl (C=O) groups is 1. The first kappa shape index (κ1) is 19.1. The number of ether oxygens (including phenoxy) is 1. The molecule has 2 unspecified atom stereocenters. The summed E-state index contributed by atoms with van der Waals surface area (Å²) in [4.78, 5) is 17.0. The predicted molar refractivity (Wildman–Crippen MR) is 117 cm³/mol. The van der Waals surface area contributed by atoms with Crippen LogP contribution < -0.4 is 15.5 Å². The number of hydrogen-bond acceptors (Lipinski definition) is 5. The van der Waals surface area contributed by atoms with Crippen molar-refractivity contribution in [2.75, 3.05) is 38.0 Å². The molecule has 2 N–H and O–H groups in total. The Bertz CT molecular complexity index is 1010. The number of cyclic esters (lactones) is 1. The summed E-state index contributed by atoms with van der Waals surface area (Å²) in [6.45, 7) is 0. The minimum Gasteiger partial charge on any atom is -0.445 e. The van der Waals surface area contributed by atoms with Crippen LogP contribution in [0.4, 0.5) is 11.4 Å². The Labute approximate surface area is 172 Å². The van der Waals surface area contributed by atoms with Crippen LogP contribution in [0.15, 0.2) is 66.4 Å². The van der Waals surface area contributed by atoms with Crippen molar-refractivity contribution in [1.82, 2.24) is 0 Å².